The zero-order valence-electron chi connectivity index (χ0n) is 12.0. The first-order valence-corrected chi connectivity index (χ1v) is 6.96. The molecule has 1 saturated heterocycles. The molecule has 0 aromatic heterocycles. The minimum Gasteiger partial charge on any atom is -0.388 e. The lowest BCUT2D eigenvalue weighted by molar-refractivity contribution is -0.138. The highest BCUT2D eigenvalue weighted by atomic mass is 16.3. The molecule has 4 nitrogen and oxygen atoms in total. The van der Waals surface area contributed by atoms with E-state index < -0.39 is 5.60 Å². The third-order valence-electron chi connectivity index (χ3n) is 3.86. The molecule has 18 heavy (non-hydrogen) atoms. The summed E-state index contributed by atoms with van der Waals surface area (Å²) >= 11 is 0. The average molecular weight is 256 g/mol. The monoisotopic (exact) mass is 256 g/mol. The van der Waals surface area contributed by atoms with Crippen molar-refractivity contribution in [2.24, 2.45) is 11.1 Å². The summed E-state index contributed by atoms with van der Waals surface area (Å²) in [7, 11) is 0. The van der Waals surface area contributed by atoms with Gasteiger partial charge in [-0.2, -0.15) is 0 Å². The second-order valence-corrected chi connectivity index (χ2v) is 6.62. The minimum absolute atomic E-state index is 0.128. The van der Waals surface area contributed by atoms with E-state index in [1.165, 1.54) is 0 Å². The molecule has 106 valence electrons. The molecule has 0 aliphatic carbocycles. The molecule has 0 radical (unpaired) electrons. The van der Waals surface area contributed by atoms with Crippen molar-refractivity contribution in [1.29, 1.82) is 0 Å². The number of nitrogens with two attached hydrogens (primary N) is 1. The van der Waals surface area contributed by atoms with Gasteiger partial charge in [-0.3, -0.25) is 4.79 Å². The van der Waals surface area contributed by atoms with E-state index in [4.69, 9.17) is 5.73 Å². The van der Waals surface area contributed by atoms with E-state index in [0.29, 0.717) is 19.5 Å². The van der Waals surface area contributed by atoms with Crippen LogP contribution >= 0.6 is 0 Å². The first-order valence-electron chi connectivity index (χ1n) is 6.96. The van der Waals surface area contributed by atoms with Gasteiger partial charge in [-0.15, -0.1) is 0 Å². The summed E-state index contributed by atoms with van der Waals surface area (Å²) in [5.41, 5.74) is 4.99. The molecule has 0 saturated carbocycles. The Morgan fingerprint density at radius 3 is 2.67 bits per heavy atom. The fraction of sp³-hybridized carbons (Fsp3) is 0.929. The van der Waals surface area contributed by atoms with Crippen LogP contribution in [0.25, 0.3) is 0 Å². The number of β-amino-alcohol motifs (C(OH)–C–C–N with tert-alkyl or cyclic N) is 1. The Balaban J connectivity index is 2.41. The molecule has 0 aromatic rings. The zero-order chi connectivity index (χ0) is 13.8. The molecular weight excluding hydrogens is 228 g/mol. The van der Waals surface area contributed by atoms with Crippen molar-refractivity contribution in [1.82, 2.24) is 4.90 Å². The lowest BCUT2D eigenvalue weighted by Crippen LogP contribution is -2.48. The van der Waals surface area contributed by atoms with Crippen LogP contribution in [0.2, 0.25) is 0 Å². The van der Waals surface area contributed by atoms with Crippen LogP contribution in [0.5, 0.6) is 0 Å². The fourth-order valence-corrected chi connectivity index (χ4v) is 2.55. The lowest BCUT2D eigenvalue weighted by atomic mass is 9.84. The molecule has 1 atom stereocenters. The second kappa shape index (κ2) is 6.02. The van der Waals surface area contributed by atoms with Crippen molar-refractivity contribution in [2.45, 2.75) is 58.5 Å². The predicted molar refractivity (Wildman–Crippen MR) is 73.1 cm³/mol. The molecule has 1 unspecified atom stereocenters. The van der Waals surface area contributed by atoms with E-state index in [9.17, 15) is 9.90 Å². The van der Waals surface area contributed by atoms with Gasteiger partial charge in [-0.25, -0.2) is 0 Å². The van der Waals surface area contributed by atoms with Gasteiger partial charge in [0.1, 0.15) is 0 Å². The molecule has 1 fully saturated rings. The van der Waals surface area contributed by atoms with E-state index in [2.05, 4.69) is 13.8 Å². The molecule has 1 heterocycles. The zero-order valence-corrected chi connectivity index (χ0v) is 12.0. The summed E-state index contributed by atoms with van der Waals surface area (Å²) in [5.74, 6) is 0.167. The molecule has 1 aliphatic rings. The summed E-state index contributed by atoms with van der Waals surface area (Å²) in [6, 6.07) is 0. The lowest BCUT2D eigenvalue weighted by Gasteiger charge is -2.37. The third-order valence-corrected chi connectivity index (χ3v) is 3.86. The van der Waals surface area contributed by atoms with E-state index >= 15 is 0 Å². The second-order valence-electron chi connectivity index (χ2n) is 6.62. The Morgan fingerprint density at radius 1 is 1.44 bits per heavy atom. The van der Waals surface area contributed by atoms with Gasteiger partial charge in [0.05, 0.1) is 5.60 Å². The maximum absolute atomic E-state index is 12.1. The van der Waals surface area contributed by atoms with Gasteiger partial charge >= 0.3 is 0 Å². The van der Waals surface area contributed by atoms with E-state index in [1.807, 2.05) is 11.8 Å². The number of likely N-dealkylation sites (tertiary alicyclic amines) is 1. The summed E-state index contributed by atoms with van der Waals surface area (Å²) in [6.07, 6.45) is 4.04. The Labute approximate surface area is 111 Å². The van der Waals surface area contributed by atoms with Gasteiger partial charge in [0.2, 0.25) is 5.91 Å². The molecule has 1 rings (SSSR count). The molecule has 1 amide bonds. The van der Waals surface area contributed by atoms with Gasteiger partial charge < -0.3 is 15.7 Å². The van der Waals surface area contributed by atoms with Crippen LogP contribution < -0.4 is 5.73 Å². The number of nitrogens with zero attached hydrogens (tertiary/aromatic N) is 1. The van der Waals surface area contributed by atoms with Crippen molar-refractivity contribution in [2.75, 3.05) is 19.6 Å². The molecule has 0 bridgehead atoms. The summed E-state index contributed by atoms with van der Waals surface area (Å²) in [4.78, 5) is 13.9. The number of piperidine rings is 1. The molecular formula is C14H28N2O2. The van der Waals surface area contributed by atoms with Crippen LogP contribution in [0.1, 0.15) is 52.9 Å². The predicted octanol–water partition coefficient (Wildman–Crippen LogP) is 1.52. The summed E-state index contributed by atoms with van der Waals surface area (Å²) in [6.45, 7) is 8.04. The van der Waals surface area contributed by atoms with Crippen molar-refractivity contribution >= 4 is 5.91 Å². The van der Waals surface area contributed by atoms with Crippen molar-refractivity contribution in [3.05, 3.63) is 0 Å². The molecule has 0 spiro atoms. The average Bonchev–Trinajstić information content (AvgIpc) is 2.24. The Hall–Kier alpha value is -0.610. The van der Waals surface area contributed by atoms with Crippen molar-refractivity contribution in [3.8, 4) is 0 Å². The van der Waals surface area contributed by atoms with Crippen LogP contribution in [0.4, 0.5) is 0 Å². The van der Waals surface area contributed by atoms with Gasteiger partial charge in [-0.1, -0.05) is 13.8 Å². The van der Waals surface area contributed by atoms with Crippen LogP contribution in [-0.2, 0) is 4.79 Å². The number of rotatable bonds is 5. The number of carbonyl (C=O) groups excluding carboxylic acids is 1. The highest BCUT2D eigenvalue weighted by molar-refractivity contribution is 5.76. The Morgan fingerprint density at radius 2 is 2.11 bits per heavy atom. The van der Waals surface area contributed by atoms with E-state index in [0.717, 1.165) is 32.2 Å². The first-order chi connectivity index (χ1) is 8.26. The third kappa shape index (κ3) is 4.94. The highest BCUT2D eigenvalue weighted by Crippen LogP contribution is 2.27. The van der Waals surface area contributed by atoms with Gasteiger partial charge in [-0.05, 0) is 44.6 Å². The van der Waals surface area contributed by atoms with E-state index in [1.54, 1.807) is 0 Å². The highest BCUT2D eigenvalue weighted by Gasteiger charge is 2.31. The maximum atomic E-state index is 12.1. The summed E-state index contributed by atoms with van der Waals surface area (Å²) < 4.78 is 0. The van der Waals surface area contributed by atoms with Crippen LogP contribution in [0.3, 0.4) is 0 Å². The van der Waals surface area contributed by atoms with Gasteiger partial charge in [0.25, 0.3) is 0 Å². The number of hydrogen-bond acceptors (Lipinski definition) is 3. The number of hydrogen-bond donors (Lipinski definition) is 2. The topological polar surface area (TPSA) is 66.6 Å². The maximum Gasteiger partial charge on any atom is 0.222 e. The largest absolute Gasteiger partial charge is 0.388 e. The summed E-state index contributed by atoms with van der Waals surface area (Å²) in [5, 5.41) is 10.00. The number of aliphatic hydroxyl groups is 1. The minimum atomic E-state index is -0.708. The van der Waals surface area contributed by atoms with Crippen LogP contribution in [0, 0.1) is 5.41 Å². The Kier molecular flexibility index (Phi) is 5.17. The van der Waals surface area contributed by atoms with E-state index in [-0.39, 0.29) is 11.3 Å². The van der Waals surface area contributed by atoms with Crippen molar-refractivity contribution < 1.29 is 9.90 Å². The smallest absolute Gasteiger partial charge is 0.222 e. The Bertz CT molecular complexity index is 288. The van der Waals surface area contributed by atoms with Gasteiger partial charge in [0, 0.05) is 19.5 Å². The standard InChI is InChI=1S/C14H28N2O2/c1-13(2,8-9-15)7-5-12(17)16-10-4-6-14(3,18)11-16/h18H,4-11,15H2,1-3H3. The molecule has 0 aromatic carbocycles. The molecule has 1 aliphatic heterocycles. The van der Waals surface area contributed by atoms with Gasteiger partial charge in [0.15, 0.2) is 0 Å². The SMILES string of the molecule is CC(C)(CCN)CCC(=O)N1CCCC(C)(O)C1. The van der Waals surface area contributed by atoms with Crippen LogP contribution in [0.15, 0.2) is 0 Å². The number of amides is 1. The number of carbonyl (C=O) groups is 1. The fourth-order valence-electron chi connectivity index (χ4n) is 2.55. The quantitative estimate of drug-likeness (QED) is 0.783. The molecule has 4 heteroatoms. The van der Waals surface area contributed by atoms with Crippen molar-refractivity contribution in [3.63, 3.8) is 0 Å². The first kappa shape index (κ1) is 15.4. The normalized spacial score (nSPS) is 25.3. The van der Waals surface area contributed by atoms with Crippen LogP contribution in [-0.4, -0.2) is 41.1 Å². The molecule has 3 N–H and O–H groups in total.